The molecule has 1 saturated carbocycles. The first kappa shape index (κ1) is 24.9. The van der Waals surface area contributed by atoms with Crippen LogP contribution in [0.1, 0.15) is 43.2 Å². The molecule has 0 spiro atoms. The van der Waals surface area contributed by atoms with Crippen molar-refractivity contribution in [3.05, 3.63) is 65.9 Å². The number of thioether (sulfide) groups is 1. The van der Waals surface area contributed by atoms with Crippen LogP contribution in [0.4, 0.5) is 4.79 Å². The van der Waals surface area contributed by atoms with Gasteiger partial charge in [0.15, 0.2) is 5.75 Å². The van der Waals surface area contributed by atoms with Crippen LogP contribution in [0.2, 0.25) is 15.1 Å². The summed E-state index contributed by atoms with van der Waals surface area (Å²) in [6, 6.07) is 8.71. The Morgan fingerprint density at radius 1 is 1.06 bits per heavy atom. The SMILES string of the molecule is O=C1S/C(=C/c2cc(Cl)c(OCc3ccc(Cl)cc3Cl)c(Br)c2)C(=O)N1CC1CCCCC1. The van der Waals surface area contributed by atoms with Crippen LogP contribution in [0, 0.1) is 5.92 Å². The highest BCUT2D eigenvalue weighted by Crippen LogP contribution is 2.39. The number of amides is 2. The number of hydrogen-bond acceptors (Lipinski definition) is 4. The highest BCUT2D eigenvalue weighted by molar-refractivity contribution is 9.10. The number of ether oxygens (including phenoxy) is 1. The van der Waals surface area contributed by atoms with Gasteiger partial charge < -0.3 is 4.74 Å². The van der Waals surface area contributed by atoms with Crippen LogP contribution >= 0.6 is 62.5 Å². The number of carbonyl (C=O) groups is 2. The van der Waals surface area contributed by atoms with E-state index in [0.717, 1.165) is 30.2 Å². The zero-order valence-corrected chi connectivity index (χ0v) is 22.3. The van der Waals surface area contributed by atoms with E-state index in [4.69, 9.17) is 39.5 Å². The molecule has 0 radical (unpaired) electrons. The van der Waals surface area contributed by atoms with Crippen molar-refractivity contribution in [3.63, 3.8) is 0 Å². The van der Waals surface area contributed by atoms with Crippen LogP contribution in [0.25, 0.3) is 6.08 Å². The predicted molar refractivity (Wildman–Crippen MR) is 139 cm³/mol. The lowest BCUT2D eigenvalue weighted by molar-refractivity contribution is -0.123. The van der Waals surface area contributed by atoms with Gasteiger partial charge in [-0.25, -0.2) is 0 Å². The Balaban J connectivity index is 1.47. The standard InChI is InChI=1S/C24H21BrCl3NO3S/c25-18-8-15(9-20(28)22(18)32-13-16-6-7-17(26)11-19(16)27)10-21-23(30)29(24(31)33-21)12-14-4-2-1-3-5-14/h6-11,14H,1-5,12-13H2/b21-10+. The molecule has 1 heterocycles. The number of halogens is 4. The molecule has 2 amide bonds. The molecule has 0 aromatic heterocycles. The van der Waals surface area contributed by atoms with Crippen LogP contribution in [0.15, 0.2) is 39.7 Å². The fourth-order valence-corrected chi connectivity index (χ4v) is 6.33. The number of imide groups is 1. The zero-order chi connectivity index (χ0) is 23.5. The molecule has 2 aromatic carbocycles. The smallest absolute Gasteiger partial charge is 0.293 e. The molecule has 4 nitrogen and oxygen atoms in total. The van der Waals surface area contributed by atoms with E-state index in [1.165, 1.54) is 24.2 Å². The van der Waals surface area contributed by atoms with Gasteiger partial charge in [-0.3, -0.25) is 14.5 Å². The van der Waals surface area contributed by atoms with Gasteiger partial charge in [-0.05, 0) is 82.4 Å². The van der Waals surface area contributed by atoms with Crippen molar-refractivity contribution in [3.8, 4) is 5.75 Å². The van der Waals surface area contributed by atoms with E-state index in [-0.39, 0.29) is 17.8 Å². The van der Waals surface area contributed by atoms with Gasteiger partial charge in [0.2, 0.25) is 0 Å². The number of carbonyl (C=O) groups excluding carboxylic acids is 2. The van der Waals surface area contributed by atoms with Crippen LogP contribution in [-0.4, -0.2) is 22.6 Å². The Morgan fingerprint density at radius 3 is 2.52 bits per heavy atom. The number of nitrogens with zero attached hydrogens (tertiary/aromatic N) is 1. The van der Waals surface area contributed by atoms with E-state index < -0.39 is 0 Å². The molecule has 174 valence electrons. The van der Waals surface area contributed by atoms with Gasteiger partial charge in [0.05, 0.1) is 14.4 Å². The molecule has 2 fully saturated rings. The van der Waals surface area contributed by atoms with E-state index >= 15 is 0 Å². The largest absolute Gasteiger partial charge is 0.486 e. The average Bonchev–Trinajstić information content (AvgIpc) is 3.02. The van der Waals surface area contributed by atoms with Crippen molar-refractivity contribution in [2.45, 2.75) is 38.7 Å². The fraction of sp³-hybridized carbons (Fsp3) is 0.333. The normalized spacial score (nSPS) is 18.4. The van der Waals surface area contributed by atoms with Crippen LogP contribution in [0.3, 0.4) is 0 Å². The molecule has 0 N–H and O–H groups in total. The van der Waals surface area contributed by atoms with Gasteiger partial charge >= 0.3 is 0 Å². The number of benzene rings is 2. The molecule has 33 heavy (non-hydrogen) atoms. The Hall–Kier alpha value is -1.18. The van der Waals surface area contributed by atoms with E-state index in [9.17, 15) is 9.59 Å². The van der Waals surface area contributed by atoms with Gasteiger partial charge in [0.25, 0.3) is 11.1 Å². The molecule has 1 aliphatic heterocycles. The molecule has 1 saturated heterocycles. The van der Waals surface area contributed by atoms with Crippen molar-refractivity contribution in [2.75, 3.05) is 6.54 Å². The van der Waals surface area contributed by atoms with E-state index in [1.54, 1.807) is 36.4 Å². The van der Waals surface area contributed by atoms with Crippen molar-refractivity contribution >= 4 is 79.7 Å². The second-order valence-electron chi connectivity index (χ2n) is 8.13. The second-order valence-corrected chi connectivity index (χ2v) is 11.2. The Kier molecular flexibility index (Phi) is 8.34. The Morgan fingerprint density at radius 2 is 1.82 bits per heavy atom. The fourth-order valence-electron chi connectivity index (χ4n) is 4.03. The predicted octanol–water partition coefficient (Wildman–Crippen LogP) is 8.60. The van der Waals surface area contributed by atoms with Crippen LogP contribution < -0.4 is 4.74 Å². The number of hydrogen-bond donors (Lipinski definition) is 0. The molecule has 0 atom stereocenters. The number of rotatable bonds is 6. The molecular weight excluding hydrogens is 569 g/mol. The third-order valence-corrected chi connectivity index (χ3v) is 8.11. The first-order chi connectivity index (χ1) is 15.8. The van der Waals surface area contributed by atoms with E-state index in [1.807, 2.05) is 0 Å². The van der Waals surface area contributed by atoms with Gasteiger partial charge in [-0.2, -0.15) is 0 Å². The van der Waals surface area contributed by atoms with Crippen molar-refractivity contribution < 1.29 is 14.3 Å². The van der Waals surface area contributed by atoms with Gasteiger partial charge in [-0.15, -0.1) is 0 Å². The minimum absolute atomic E-state index is 0.207. The maximum Gasteiger partial charge on any atom is 0.293 e. The third-order valence-electron chi connectivity index (χ3n) is 5.74. The topological polar surface area (TPSA) is 46.6 Å². The summed E-state index contributed by atoms with van der Waals surface area (Å²) in [5.74, 6) is 0.631. The minimum atomic E-state index is -0.236. The van der Waals surface area contributed by atoms with E-state index in [2.05, 4.69) is 15.9 Å². The summed E-state index contributed by atoms with van der Waals surface area (Å²) in [4.78, 5) is 27.1. The van der Waals surface area contributed by atoms with Crippen LogP contribution in [0.5, 0.6) is 5.75 Å². The first-order valence-electron chi connectivity index (χ1n) is 10.6. The highest BCUT2D eigenvalue weighted by atomic mass is 79.9. The lowest BCUT2D eigenvalue weighted by Crippen LogP contribution is -2.34. The maximum atomic E-state index is 12.9. The molecule has 2 aliphatic rings. The van der Waals surface area contributed by atoms with Gasteiger partial charge in [0.1, 0.15) is 6.61 Å². The van der Waals surface area contributed by atoms with Crippen molar-refractivity contribution in [1.29, 1.82) is 0 Å². The molecule has 4 rings (SSSR count). The second kappa shape index (κ2) is 11.0. The first-order valence-corrected chi connectivity index (χ1v) is 13.4. The maximum absolute atomic E-state index is 12.9. The summed E-state index contributed by atoms with van der Waals surface area (Å²) in [6.45, 7) is 0.722. The summed E-state index contributed by atoms with van der Waals surface area (Å²) in [5, 5.41) is 1.23. The Labute approximate surface area is 220 Å². The molecule has 1 aliphatic carbocycles. The van der Waals surface area contributed by atoms with Crippen molar-refractivity contribution in [2.24, 2.45) is 5.92 Å². The quantitative estimate of drug-likeness (QED) is 0.317. The minimum Gasteiger partial charge on any atom is -0.486 e. The lowest BCUT2D eigenvalue weighted by Gasteiger charge is -2.25. The third kappa shape index (κ3) is 6.09. The van der Waals surface area contributed by atoms with Crippen LogP contribution in [-0.2, 0) is 11.4 Å². The monoisotopic (exact) mass is 587 g/mol. The summed E-state index contributed by atoms with van der Waals surface area (Å²) in [6.07, 6.45) is 7.42. The molecule has 9 heteroatoms. The lowest BCUT2D eigenvalue weighted by atomic mass is 9.89. The van der Waals surface area contributed by atoms with Gasteiger partial charge in [-0.1, -0.05) is 60.1 Å². The summed E-state index contributed by atoms with van der Waals surface area (Å²) in [5.41, 5.74) is 1.48. The molecular formula is C24H21BrCl3NO3S. The average molecular weight is 590 g/mol. The summed E-state index contributed by atoms with van der Waals surface area (Å²) >= 11 is 23.1. The molecule has 0 bridgehead atoms. The molecule has 2 aromatic rings. The zero-order valence-electron chi connectivity index (χ0n) is 17.6. The Bertz CT molecular complexity index is 1100. The molecule has 0 unspecified atom stereocenters. The van der Waals surface area contributed by atoms with Crippen molar-refractivity contribution in [1.82, 2.24) is 4.90 Å². The summed E-state index contributed by atoms with van der Waals surface area (Å²) < 4.78 is 6.51. The summed E-state index contributed by atoms with van der Waals surface area (Å²) in [7, 11) is 0. The van der Waals surface area contributed by atoms with E-state index in [0.29, 0.717) is 48.2 Å². The van der Waals surface area contributed by atoms with Gasteiger partial charge in [0, 0.05) is 22.2 Å². The highest BCUT2D eigenvalue weighted by Gasteiger charge is 2.36.